The summed E-state index contributed by atoms with van der Waals surface area (Å²) in [7, 11) is -4.05. The molecular weight excluding hydrogens is 427 g/mol. The van der Waals surface area contributed by atoms with Gasteiger partial charge in [-0.25, -0.2) is 12.8 Å². The summed E-state index contributed by atoms with van der Waals surface area (Å²) in [4.78, 5) is 23.7. The summed E-state index contributed by atoms with van der Waals surface area (Å²) >= 11 is 0. The third-order valence-corrected chi connectivity index (χ3v) is 6.11. The normalized spacial score (nSPS) is 14.0. The third kappa shape index (κ3) is 6.17. The van der Waals surface area contributed by atoms with Gasteiger partial charge in [0.1, 0.15) is 0 Å². The first-order valence-electron chi connectivity index (χ1n) is 9.78. The number of nitrogens with zero attached hydrogens (tertiary/aromatic N) is 1. The fraction of sp³-hybridized carbons (Fsp3) is 0.333. The van der Waals surface area contributed by atoms with Crippen LogP contribution in [-0.2, 0) is 26.2 Å². The van der Waals surface area contributed by atoms with Crippen molar-refractivity contribution < 1.29 is 32.2 Å². The second-order valence-electron chi connectivity index (χ2n) is 7.16. The molecule has 2 aromatic carbocycles. The Labute approximate surface area is 179 Å². The third-order valence-electron chi connectivity index (χ3n) is 4.73. The zero-order chi connectivity index (χ0) is 22.4. The number of anilines is 1. The molecule has 0 spiro atoms. The quantitative estimate of drug-likeness (QED) is 0.538. The van der Waals surface area contributed by atoms with Gasteiger partial charge in [0.2, 0.25) is 5.91 Å². The van der Waals surface area contributed by atoms with Crippen molar-refractivity contribution in [2.45, 2.75) is 37.1 Å². The van der Waals surface area contributed by atoms with Gasteiger partial charge in [0.15, 0.2) is 11.6 Å². The van der Waals surface area contributed by atoms with E-state index in [0.717, 1.165) is 18.1 Å². The maximum Gasteiger partial charge on any atom is 0.303 e. The predicted molar refractivity (Wildman–Crippen MR) is 111 cm³/mol. The Morgan fingerprint density at radius 2 is 2.03 bits per heavy atom. The lowest BCUT2D eigenvalue weighted by Gasteiger charge is -2.16. The second kappa shape index (κ2) is 9.78. The molecule has 1 saturated heterocycles. The van der Waals surface area contributed by atoms with E-state index in [1.54, 1.807) is 29.2 Å². The van der Waals surface area contributed by atoms with Crippen LogP contribution >= 0.6 is 0 Å². The van der Waals surface area contributed by atoms with Crippen LogP contribution < -0.4 is 9.46 Å². The molecule has 0 atom stereocenters. The van der Waals surface area contributed by atoms with Gasteiger partial charge in [0.05, 0.1) is 11.5 Å². The molecular formula is C21H23FN2O6S. The van der Waals surface area contributed by atoms with E-state index in [9.17, 15) is 22.4 Å². The Morgan fingerprint density at radius 1 is 1.23 bits per heavy atom. The minimum Gasteiger partial charge on any atom is -0.491 e. The van der Waals surface area contributed by atoms with Crippen molar-refractivity contribution in [1.29, 1.82) is 0 Å². The van der Waals surface area contributed by atoms with Gasteiger partial charge in [0, 0.05) is 31.6 Å². The van der Waals surface area contributed by atoms with E-state index < -0.39 is 21.8 Å². The lowest BCUT2D eigenvalue weighted by Crippen LogP contribution is -2.23. The molecule has 0 saturated carbocycles. The average molecular weight is 450 g/mol. The van der Waals surface area contributed by atoms with Crippen LogP contribution in [0.15, 0.2) is 47.4 Å². The molecule has 1 fully saturated rings. The van der Waals surface area contributed by atoms with Crippen LogP contribution in [0.2, 0.25) is 0 Å². The molecule has 1 aliphatic heterocycles. The second-order valence-corrected chi connectivity index (χ2v) is 8.85. The van der Waals surface area contributed by atoms with Gasteiger partial charge < -0.3 is 14.7 Å². The Hall–Kier alpha value is -3.14. The summed E-state index contributed by atoms with van der Waals surface area (Å²) in [6, 6.07) is 9.96. The van der Waals surface area contributed by atoms with Crippen LogP contribution in [0, 0.1) is 5.82 Å². The number of sulfonamides is 1. The number of hydrogen-bond donors (Lipinski definition) is 2. The minimum atomic E-state index is -4.05. The number of nitrogens with one attached hydrogen (secondary N) is 1. The highest BCUT2D eigenvalue weighted by molar-refractivity contribution is 7.92. The molecule has 10 heteroatoms. The molecule has 2 aromatic rings. The summed E-state index contributed by atoms with van der Waals surface area (Å²) in [5.74, 6) is -1.92. The highest BCUT2D eigenvalue weighted by atomic mass is 32.2. The molecule has 31 heavy (non-hydrogen) atoms. The zero-order valence-corrected chi connectivity index (χ0v) is 17.5. The van der Waals surface area contributed by atoms with E-state index in [0.29, 0.717) is 25.2 Å². The molecule has 0 bridgehead atoms. The lowest BCUT2D eigenvalue weighted by atomic mass is 10.2. The van der Waals surface area contributed by atoms with E-state index in [4.69, 9.17) is 9.84 Å². The van der Waals surface area contributed by atoms with Gasteiger partial charge in [-0.15, -0.1) is 0 Å². The minimum absolute atomic E-state index is 0.000120. The number of halogens is 1. The topological polar surface area (TPSA) is 113 Å². The number of amides is 1. The molecule has 1 heterocycles. The molecule has 3 rings (SSSR count). The molecule has 0 radical (unpaired) electrons. The van der Waals surface area contributed by atoms with Gasteiger partial charge in [-0.05, 0) is 48.7 Å². The van der Waals surface area contributed by atoms with Crippen LogP contribution in [0.3, 0.4) is 0 Å². The first kappa shape index (κ1) is 22.5. The number of benzene rings is 2. The Balaban J connectivity index is 1.66. The van der Waals surface area contributed by atoms with Gasteiger partial charge in [-0.2, -0.15) is 0 Å². The average Bonchev–Trinajstić information content (AvgIpc) is 3.10. The highest BCUT2D eigenvalue weighted by Crippen LogP contribution is 2.24. The van der Waals surface area contributed by atoms with E-state index in [-0.39, 0.29) is 36.0 Å². The van der Waals surface area contributed by atoms with Crippen molar-refractivity contribution >= 4 is 27.6 Å². The van der Waals surface area contributed by atoms with Crippen LogP contribution in [0.25, 0.3) is 0 Å². The smallest absolute Gasteiger partial charge is 0.303 e. The Morgan fingerprint density at radius 3 is 2.71 bits per heavy atom. The number of aliphatic carboxylic acids is 1. The van der Waals surface area contributed by atoms with Crippen molar-refractivity contribution in [1.82, 2.24) is 4.90 Å². The van der Waals surface area contributed by atoms with Crippen LogP contribution in [0.5, 0.6) is 5.75 Å². The van der Waals surface area contributed by atoms with Crippen molar-refractivity contribution in [2.75, 3.05) is 17.9 Å². The summed E-state index contributed by atoms with van der Waals surface area (Å²) in [5, 5.41) is 8.59. The number of carboxylic acid groups (broad SMARTS) is 1. The number of carbonyl (C=O) groups is 2. The number of likely N-dealkylation sites (tertiary alicyclic amines) is 1. The molecule has 0 aromatic heterocycles. The van der Waals surface area contributed by atoms with E-state index in [1.165, 1.54) is 12.1 Å². The van der Waals surface area contributed by atoms with Gasteiger partial charge in [-0.3, -0.25) is 14.3 Å². The van der Waals surface area contributed by atoms with Crippen molar-refractivity contribution in [3.63, 3.8) is 0 Å². The Bertz CT molecular complexity index is 1070. The van der Waals surface area contributed by atoms with Crippen molar-refractivity contribution in [3.8, 4) is 5.75 Å². The molecule has 166 valence electrons. The lowest BCUT2D eigenvalue weighted by molar-refractivity contribution is -0.137. The van der Waals surface area contributed by atoms with E-state index in [1.807, 2.05) is 0 Å². The van der Waals surface area contributed by atoms with Gasteiger partial charge >= 0.3 is 5.97 Å². The standard InChI is InChI=1S/C21H23FN2O6S/c22-18-13-17(8-9-19(18)30-11-3-7-21(26)27)31(28,29)23-16-5-1-4-15(12-16)14-24-10-2-6-20(24)25/h1,4-5,8-9,12-13,23H,2-3,6-7,10-11,14H2,(H,26,27). The predicted octanol–water partition coefficient (Wildman–Crippen LogP) is 2.99. The molecule has 1 aliphatic rings. The van der Waals surface area contributed by atoms with Crippen LogP contribution in [0.1, 0.15) is 31.2 Å². The SMILES string of the molecule is O=C(O)CCCOc1ccc(S(=O)(=O)Nc2cccc(CN3CCCC3=O)c2)cc1F. The number of rotatable bonds is 10. The summed E-state index contributed by atoms with van der Waals surface area (Å²) < 4.78 is 47.2. The highest BCUT2D eigenvalue weighted by Gasteiger charge is 2.21. The van der Waals surface area contributed by atoms with Crippen molar-refractivity contribution in [3.05, 3.63) is 53.8 Å². The Kier molecular flexibility index (Phi) is 7.11. The molecule has 0 aliphatic carbocycles. The largest absolute Gasteiger partial charge is 0.491 e. The molecule has 2 N–H and O–H groups in total. The fourth-order valence-corrected chi connectivity index (χ4v) is 4.27. The fourth-order valence-electron chi connectivity index (χ4n) is 3.21. The van der Waals surface area contributed by atoms with E-state index in [2.05, 4.69) is 4.72 Å². The number of carboxylic acids is 1. The first-order valence-corrected chi connectivity index (χ1v) is 11.3. The molecule has 8 nitrogen and oxygen atoms in total. The van der Waals surface area contributed by atoms with Gasteiger partial charge in [-0.1, -0.05) is 12.1 Å². The van der Waals surface area contributed by atoms with E-state index >= 15 is 0 Å². The first-order chi connectivity index (χ1) is 14.7. The molecule has 0 unspecified atom stereocenters. The number of carbonyl (C=O) groups excluding carboxylic acids is 1. The maximum atomic E-state index is 14.3. The summed E-state index contributed by atoms with van der Waals surface area (Å²) in [6.45, 7) is 1.08. The van der Waals surface area contributed by atoms with Gasteiger partial charge in [0.25, 0.3) is 10.0 Å². The maximum absolute atomic E-state index is 14.3. The zero-order valence-electron chi connectivity index (χ0n) is 16.7. The van der Waals surface area contributed by atoms with Crippen molar-refractivity contribution in [2.24, 2.45) is 0 Å². The molecule has 1 amide bonds. The number of ether oxygens (including phenoxy) is 1. The van der Waals surface area contributed by atoms with Crippen LogP contribution in [-0.4, -0.2) is 43.5 Å². The van der Waals surface area contributed by atoms with Crippen LogP contribution in [0.4, 0.5) is 10.1 Å². The summed E-state index contributed by atoms with van der Waals surface area (Å²) in [5.41, 5.74) is 1.09. The summed E-state index contributed by atoms with van der Waals surface area (Å²) in [6.07, 6.45) is 1.44. The monoisotopic (exact) mass is 450 g/mol. The number of hydrogen-bond acceptors (Lipinski definition) is 5.